The second kappa shape index (κ2) is 7.13. The molecule has 7 nitrogen and oxygen atoms in total. The summed E-state index contributed by atoms with van der Waals surface area (Å²) in [6.07, 6.45) is 6.39. The molecule has 1 aliphatic carbocycles. The highest BCUT2D eigenvalue weighted by molar-refractivity contribution is 7.98. The number of thioether (sulfide) groups is 1. The van der Waals surface area contributed by atoms with E-state index in [1.54, 1.807) is 11.8 Å². The first kappa shape index (κ1) is 19.1. The standard InChI is InChI=1S/C18H28N4O3S/c1-12-15(24)14(21-20-12)16(25)22-8-6-17(2,7-9-22)19-13(23)10-18(4-5-18)11-26-3/h24H,4-11H2,1-3H3,(H,19,23)(H,20,21). The number of carbonyl (C=O) groups is 2. The van der Waals surface area contributed by atoms with Gasteiger partial charge in [0.25, 0.3) is 5.91 Å². The Morgan fingerprint density at radius 1 is 1.31 bits per heavy atom. The summed E-state index contributed by atoms with van der Waals surface area (Å²) in [5, 5.41) is 19.6. The fourth-order valence-electron chi connectivity index (χ4n) is 3.64. The van der Waals surface area contributed by atoms with Gasteiger partial charge in [-0.2, -0.15) is 16.9 Å². The van der Waals surface area contributed by atoms with E-state index in [9.17, 15) is 14.7 Å². The number of nitrogens with one attached hydrogen (secondary N) is 2. The zero-order valence-electron chi connectivity index (χ0n) is 15.7. The van der Waals surface area contributed by atoms with Crippen LogP contribution in [0.1, 0.15) is 55.2 Å². The van der Waals surface area contributed by atoms with Crippen LogP contribution in [0.25, 0.3) is 0 Å². The average Bonchev–Trinajstić information content (AvgIpc) is 3.25. The Kier molecular flexibility index (Phi) is 5.23. The van der Waals surface area contributed by atoms with Gasteiger partial charge in [0.15, 0.2) is 11.4 Å². The number of aromatic hydroxyl groups is 1. The van der Waals surface area contributed by atoms with Crippen molar-refractivity contribution in [1.82, 2.24) is 20.4 Å². The SMILES string of the molecule is CSCC1(CC(=O)NC2(C)CCN(C(=O)c3[nH]nc(C)c3O)CC2)CC1. The number of aromatic amines is 1. The first-order valence-electron chi connectivity index (χ1n) is 9.11. The average molecular weight is 381 g/mol. The minimum Gasteiger partial charge on any atom is -0.504 e. The largest absolute Gasteiger partial charge is 0.504 e. The van der Waals surface area contributed by atoms with Crippen LogP contribution in [0, 0.1) is 12.3 Å². The van der Waals surface area contributed by atoms with Gasteiger partial charge >= 0.3 is 0 Å². The summed E-state index contributed by atoms with van der Waals surface area (Å²) in [5.74, 6) is 0.848. The molecule has 0 aromatic carbocycles. The van der Waals surface area contributed by atoms with Gasteiger partial charge < -0.3 is 15.3 Å². The second-order valence-electron chi connectivity index (χ2n) is 8.04. The number of carbonyl (C=O) groups excluding carboxylic acids is 2. The molecule has 1 aromatic rings. The van der Waals surface area contributed by atoms with Crippen molar-refractivity contribution >= 4 is 23.6 Å². The van der Waals surface area contributed by atoms with Crippen molar-refractivity contribution in [2.24, 2.45) is 5.41 Å². The number of rotatable bonds is 6. The fourth-order valence-corrected chi connectivity index (χ4v) is 4.64. The summed E-state index contributed by atoms with van der Waals surface area (Å²) >= 11 is 1.81. The van der Waals surface area contributed by atoms with Crippen molar-refractivity contribution in [3.05, 3.63) is 11.4 Å². The van der Waals surface area contributed by atoms with E-state index >= 15 is 0 Å². The van der Waals surface area contributed by atoms with E-state index in [-0.39, 0.29) is 34.2 Å². The molecule has 0 spiro atoms. The Morgan fingerprint density at radius 2 is 1.96 bits per heavy atom. The molecule has 144 valence electrons. The van der Waals surface area contributed by atoms with E-state index in [4.69, 9.17) is 0 Å². The highest BCUT2D eigenvalue weighted by atomic mass is 32.2. The van der Waals surface area contributed by atoms with Gasteiger partial charge in [-0.15, -0.1) is 0 Å². The number of piperidine rings is 1. The molecular formula is C18H28N4O3S. The van der Waals surface area contributed by atoms with Crippen LogP contribution in [0.2, 0.25) is 0 Å². The predicted octanol–water partition coefficient (Wildman–Crippen LogP) is 2.07. The van der Waals surface area contributed by atoms with Gasteiger partial charge in [0.05, 0.1) is 0 Å². The molecule has 2 amide bonds. The number of hydrogen-bond donors (Lipinski definition) is 3. The lowest BCUT2D eigenvalue weighted by atomic mass is 9.88. The number of aromatic nitrogens is 2. The molecule has 26 heavy (non-hydrogen) atoms. The van der Waals surface area contributed by atoms with E-state index in [0.717, 1.165) is 18.6 Å². The topological polar surface area (TPSA) is 98.3 Å². The maximum absolute atomic E-state index is 12.5. The van der Waals surface area contributed by atoms with Gasteiger partial charge in [-0.1, -0.05) is 0 Å². The summed E-state index contributed by atoms with van der Waals surface area (Å²) in [4.78, 5) is 26.7. The molecule has 8 heteroatoms. The van der Waals surface area contributed by atoms with E-state index in [2.05, 4.69) is 28.7 Å². The van der Waals surface area contributed by atoms with Crippen LogP contribution in [-0.2, 0) is 4.79 Å². The number of hydrogen-bond acceptors (Lipinski definition) is 5. The highest BCUT2D eigenvalue weighted by Crippen LogP contribution is 2.50. The number of aryl methyl sites for hydroxylation is 1. The molecule has 1 aliphatic heterocycles. The zero-order chi connectivity index (χ0) is 18.9. The molecule has 3 rings (SSSR count). The van der Waals surface area contributed by atoms with Crippen LogP contribution in [0.5, 0.6) is 5.75 Å². The minimum atomic E-state index is -0.282. The quantitative estimate of drug-likeness (QED) is 0.702. The van der Waals surface area contributed by atoms with Crippen LogP contribution in [0.15, 0.2) is 0 Å². The van der Waals surface area contributed by atoms with Crippen LogP contribution in [-0.4, -0.2) is 62.7 Å². The molecule has 2 aliphatic rings. The molecule has 1 saturated carbocycles. The van der Waals surface area contributed by atoms with Crippen molar-refractivity contribution < 1.29 is 14.7 Å². The van der Waals surface area contributed by atoms with Crippen molar-refractivity contribution in [3.63, 3.8) is 0 Å². The van der Waals surface area contributed by atoms with Gasteiger partial charge in [0, 0.05) is 25.0 Å². The lowest BCUT2D eigenvalue weighted by molar-refractivity contribution is -0.124. The van der Waals surface area contributed by atoms with Crippen LogP contribution in [0.3, 0.4) is 0 Å². The monoisotopic (exact) mass is 380 g/mol. The summed E-state index contributed by atoms with van der Waals surface area (Å²) in [5.41, 5.74) is 0.492. The van der Waals surface area contributed by atoms with Gasteiger partial charge in [-0.3, -0.25) is 14.7 Å². The maximum Gasteiger partial charge on any atom is 0.275 e. The third kappa shape index (κ3) is 4.00. The number of H-pyrrole nitrogens is 1. The van der Waals surface area contributed by atoms with E-state index < -0.39 is 0 Å². The molecule has 3 N–H and O–H groups in total. The Morgan fingerprint density at radius 3 is 2.46 bits per heavy atom. The third-order valence-electron chi connectivity index (χ3n) is 5.67. The normalized spacial score (nSPS) is 20.7. The van der Waals surface area contributed by atoms with E-state index in [0.29, 0.717) is 38.0 Å². The molecule has 0 atom stereocenters. The Hall–Kier alpha value is -1.70. The van der Waals surface area contributed by atoms with E-state index in [1.165, 1.54) is 0 Å². The molecule has 1 aromatic heterocycles. The molecular weight excluding hydrogens is 352 g/mol. The number of nitrogens with zero attached hydrogens (tertiary/aromatic N) is 2. The second-order valence-corrected chi connectivity index (χ2v) is 8.91. The number of amides is 2. The Labute approximate surface area is 158 Å². The van der Waals surface area contributed by atoms with Crippen LogP contribution in [0.4, 0.5) is 0 Å². The molecule has 2 fully saturated rings. The van der Waals surface area contributed by atoms with E-state index in [1.807, 2.05) is 11.8 Å². The molecule has 0 bridgehead atoms. The first-order valence-corrected chi connectivity index (χ1v) is 10.5. The smallest absolute Gasteiger partial charge is 0.275 e. The maximum atomic E-state index is 12.5. The van der Waals surface area contributed by atoms with Crippen molar-refractivity contribution in [3.8, 4) is 5.75 Å². The Balaban J connectivity index is 1.53. The zero-order valence-corrected chi connectivity index (χ0v) is 16.5. The van der Waals surface area contributed by atoms with Crippen molar-refractivity contribution in [2.75, 3.05) is 25.1 Å². The summed E-state index contributed by atoms with van der Waals surface area (Å²) in [6.45, 7) is 4.79. The lowest BCUT2D eigenvalue weighted by Gasteiger charge is -2.40. The van der Waals surface area contributed by atoms with Gasteiger partial charge in [-0.25, -0.2) is 0 Å². The predicted molar refractivity (Wildman–Crippen MR) is 101 cm³/mol. The van der Waals surface area contributed by atoms with Gasteiger partial charge in [0.2, 0.25) is 5.91 Å². The van der Waals surface area contributed by atoms with Crippen molar-refractivity contribution in [1.29, 1.82) is 0 Å². The highest BCUT2D eigenvalue weighted by Gasteiger charge is 2.44. The number of likely N-dealkylation sites (tertiary alicyclic amines) is 1. The van der Waals surface area contributed by atoms with Gasteiger partial charge in [-0.05, 0) is 57.0 Å². The molecule has 2 heterocycles. The summed E-state index contributed by atoms with van der Waals surface area (Å²) in [7, 11) is 0. The Bertz CT molecular complexity index is 691. The van der Waals surface area contributed by atoms with Crippen LogP contribution < -0.4 is 5.32 Å². The molecule has 0 radical (unpaired) electrons. The summed E-state index contributed by atoms with van der Waals surface area (Å²) in [6, 6.07) is 0. The molecule has 0 unspecified atom stereocenters. The van der Waals surface area contributed by atoms with Crippen molar-refractivity contribution in [2.45, 2.75) is 51.5 Å². The minimum absolute atomic E-state index is 0.0832. The molecule has 1 saturated heterocycles. The van der Waals surface area contributed by atoms with Crippen LogP contribution >= 0.6 is 11.8 Å². The van der Waals surface area contributed by atoms with Gasteiger partial charge in [0.1, 0.15) is 5.69 Å². The first-order chi connectivity index (χ1) is 12.3. The third-order valence-corrected chi connectivity index (χ3v) is 6.57. The lowest BCUT2D eigenvalue weighted by Crippen LogP contribution is -2.54. The fraction of sp³-hybridized carbons (Fsp3) is 0.722. The summed E-state index contributed by atoms with van der Waals surface area (Å²) < 4.78 is 0.